The second-order valence-corrected chi connectivity index (χ2v) is 5.14. The smallest absolute Gasteiger partial charge is 0.130 e. The molecule has 0 fully saturated rings. The molecule has 0 aromatic carbocycles. The molecule has 0 radical (unpaired) electrons. The third kappa shape index (κ3) is 6.79. The van der Waals surface area contributed by atoms with Gasteiger partial charge in [0, 0.05) is 18.7 Å². The molecule has 0 unspecified atom stereocenters. The van der Waals surface area contributed by atoms with Crippen LogP contribution in [-0.2, 0) is 17.9 Å². The molecular formula is C16H29NO2. The van der Waals surface area contributed by atoms with Crippen LogP contribution in [-0.4, -0.2) is 13.7 Å². The van der Waals surface area contributed by atoms with Crippen LogP contribution in [0.4, 0.5) is 0 Å². The highest BCUT2D eigenvalue weighted by atomic mass is 16.5. The van der Waals surface area contributed by atoms with Crippen molar-refractivity contribution < 1.29 is 9.15 Å². The first-order valence-electron chi connectivity index (χ1n) is 7.58. The number of nitrogens with one attached hydrogen (secondary N) is 1. The lowest BCUT2D eigenvalue weighted by Crippen LogP contribution is -2.04. The van der Waals surface area contributed by atoms with Crippen molar-refractivity contribution >= 4 is 0 Å². The van der Waals surface area contributed by atoms with Gasteiger partial charge in [0.05, 0.1) is 0 Å². The van der Waals surface area contributed by atoms with Gasteiger partial charge >= 0.3 is 0 Å². The Kier molecular flexibility index (Phi) is 8.59. The SMILES string of the molecule is CCCCCCCCOCc1cc(CNC)c(C)o1. The lowest BCUT2D eigenvalue weighted by atomic mass is 10.1. The molecule has 3 heteroatoms. The van der Waals surface area contributed by atoms with Crippen LogP contribution in [0.3, 0.4) is 0 Å². The van der Waals surface area contributed by atoms with Crippen molar-refractivity contribution in [3.05, 3.63) is 23.2 Å². The summed E-state index contributed by atoms with van der Waals surface area (Å²) in [6.07, 6.45) is 7.81. The first kappa shape index (κ1) is 16.3. The number of hydrogen-bond acceptors (Lipinski definition) is 3. The van der Waals surface area contributed by atoms with E-state index < -0.39 is 0 Å². The van der Waals surface area contributed by atoms with E-state index in [2.05, 4.69) is 18.3 Å². The van der Waals surface area contributed by atoms with Crippen molar-refractivity contribution in [2.24, 2.45) is 0 Å². The molecule has 1 rings (SSSR count). The summed E-state index contributed by atoms with van der Waals surface area (Å²) in [5, 5.41) is 3.14. The molecule has 0 bridgehead atoms. The predicted octanol–water partition coefficient (Wildman–Crippen LogP) is 4.18. The Morgan fingerprint density at radius 3 is 2.63 bits per heavy atom. The maximum absolute atomic E-state index is 5.66. The van der Waals surface area contributed by atoms with Crippen molar-refractivity contribution in [2.45, 2.75) is 65.5 Å². The van der Waals surface area contributed by atoms with Crippen molar-refractivity contribution in [1.29, 1.82) is 0 Å². The fraction of sp³-hybridized carbons (Fsp3) is 0.750. The van der Waals surface area contributed by atoms with Crippen molar-refractivity contribution in [3.8, 4) is 0 Å². The molecule has 0 spiro atoms. The van der Waals surface area contributed by atoms with Crippen LogP contribution < -0.4 is 5.32 Å². The maximum Gasteiger partial charge on any atom is 0.130 e. The lowest BCUT2D eigenvalue weighted by molar-refractivity contribution is 0.102. The standard InChI is InChI=1S/C16H29NO2/c1-4-5-6-7-8-9-10-18-13-16-11-15(12-17-3)14(2)19-16/h11,17H,4-10,12-13H2,1-3H3. The van der Waals surface area contributed by atoms with E-state index in [9.17, 15) is 0 Å². The Morgan fingerprint density at radius 1 is 1.16 bits per heavy atom. The fourth-order valence-electron chi connectivity index (χ4n) is 2.18. The lowest BCUT2D eigenvalue weighted by Gasteiger charge is -2.02. The topological polar surface area (TPSA) is 34.4 Å². The van der Waals surface area contributed by atoms with Gasteiger partial charge in [-0.2, -0.15) is 0 Å². The van der Waals surface area contributed by atoms with E-state index in [0.29, 0.717) is 6.61 Å². The summed E-state index contributed by atoms with van der Waals surface area (Å²) < 4.78 is 11.3. The first-order chi connectivity index (χ1) is 9.27. The van der Waals surface area contributed by atoms with Gasteiger partial charge in [0.25, 0.3) is 0 Å². The van der Waals surface area contributed by atoms with Crippen molar-refractivity contribution in [1.82, 2.24) is 5.32 Å². The average Bonchev–Trinajstić information content (AvgIpc) is 2.74. The monoisotopic (exact) mass is 267 g/mol. The van der Waals surface area contributed by atoms with Gasteiger partial charge in [-0.05, 0) is 26.5 Å². The van der Waals surface area contributed by atoms with Crippen LogP contribution in [0.1, 0.15) is 62.5 Å². The van der Waals surface area contributed by atoms with Gasteiger partial charge in [-0.3, -0.25) is 0 Å². The summed E-state index contributed by atoms with van der Waals surface area (Å²) in [5.74, 6) is 1.93. The quantitative estimate of drug-likeness (QED) is 0.611. The molecule has 0 aliphatic rings. The molecule has 1 heterocycles. The number of unbranched alkanes of at least 4 members (excludes halogenated alkanes) is 5. The largest absolute Gasteiger partial charge is 0.464 e. The molecule has 0 atom stereocenters. The van der Waals surface area contributed by atoms with Crippen LogP contribution in [0.15, 0.2) is 10.5 Å². The van der Waals surface area contributed by atoms with Crippen LogP contribution in [0, 0.1) is 6.92 Å². The number of hydrogen-bond donors (Lipinski definition) is 1. The summed E-state index contributed by atoms with van der Waals surface area (Å²) >= 11 is 0. The Labute approximate surface area is 117 Å². The number of rotatable bonds is 11. The Morgan fingerprint density at radius 2 is 1.89 bits per heavy atom. The first-order valence-corrected chi connectivity index (χ1v) is 7.58. The minimum atomic E-state index is 0.597. The molecule has 19 heavy (non-hydrogen) atoms. The van der Waals surface area contributed by atoms with Gasteiger partial charge < -0.3 is 14.5 Å². The van der Waals surface area contributed by atoms with Gasteiger partial charge in [-0.1, -0.05) is 39.0 Å². The average molecular weight is 267 g/mol. The molecule has 1 aromatic heterocycles. The summed E-state index contributed by atoms with van der Waals surface area (Å²) in [6.45, 7) is 6.54. The van der Waals surface area contributed by atoms with Crippen LogP contribution in [0.5, 0.6) is 0 Å². The molecule has 0 saturated carbocycles. The highest BCUT2D eigenvalue weighted by molar-refractivity contribution is 5.20. The Bertz CT molecular complexity index is 333. The van der Waals surface area contributed by atoms with Crippen LogP contribution >= 0.6 is 0 Å². The zero-order valence-corrected chi connectivity index (χ0v) is 12.8. The third-order valence-electron chi connectivity index (χ3n) is 3.33. The van der Waals surface area contributed by atoms with Crippen LogP contribution in [0.2, 0.25) is 0 Å². The maximum atomic E-state index is 5.66. The van der Waals surface area contributed by atoms with E-state index in [1.54, 1.807) is 0 Å². The molecule has 0 amide bonds. The normalized spacial score (nSPS) is 11.1. The second-order valence-electron chi connectivity index (χ2n) is 5.14. The zero-order valence-electron chi connectivity index (χ0n) is 12.8. The minimum absolute atomic E-state index is 0.597. The van der Waals surface area contributed by atoms with Crippen molar-refractivity contribution in [2.75, 3.05) is 13.7 Å². The molecule has 1 N–H and O–H groups in total. The highest BCUT2D eigenvalue weighted by Crippen LogP contribution is 2.15. The van der Waals surface area contributed by atoms with E-state index in [1.807, 2.05) is 14.0 Å². The van der Waals surface area contributed by atoms with E-state index in [0.717, 1.165) is 31.1 Å². The highest BCUT2D eigenvalue weighted by Gasteiger charge is 2.06. The molecule has 3 nitrogen and oxygen atoms in total. The summed E-state index contributed by atoms with van der Waals surface area (Å²) in [4.78, 5) is 0. The van der Waals surface area contributed by atoms with E-state index in [4.69, 9.17) is 9.15 Å². The second kappa shape index (κ2) is 10.0. The Hall–Kier alpha value is -0.800. The van der Waals surface area contributed by atoms with E-state index in [-0.39, 0.29) is 0 Å². The fourth-order valence-corrected chi connectivity index (χ4v) is 2.18. The number of ether oxygens (including phenoxy) is 1. The number of aryl methyl sites for hydroxylation is 1. The minimum Gasteiger partial charge on any atom is -0.464 e. The molecular weight excluding hydrogens is 238 g/mol. The van der Waals surface area contributed by atoms with Gasteiger partial charge in [-0.25, -0.2) is 0 Å². The summed E-state index contributed by atoms with van der Waals surface area (Å²) in [6, 6.07) is 2.09. The summed E-state index contributed by atoms with van der Waals surface area (Å²) in [5.41, 5.74) is 1.22. The van der Waals surface area contributed by atoms with E-state index >= 15 is 0 Å². The Balaban J connectivity index is 2.07. The number of furan rings is 1. The summed E-state index contributed by atoms with van der Waals surface area (Å²) in [7, 11) is 1.95. The van der Waals surface area contributed by atoms with Gasteiger partial charge in [0.15, 0.2) is 0 Å². The zero-order chi connectivity index (χ0) is 13.9. The van der Waals surface area contributed by atoms with Crippen molar-refractivity contribution in [3.63, 3.8) is 0 Å². The molecule has 0 saturated heterocycles. The molecule has 0 aliphatic carbocycles. The van der Waals surface area contributed by atoms with Gasteiger partial charge in [0.2, 0.25) is 0 Å². The predicted molar refractivity (Wildman–Crippen MR) is 79.2 cm³/mol. The van der Waals surface area contributed by atoms with Crippen LogP contribution in [0.25, 0.3) is 0 Å². The molecule has 1 aromatic rings. The third-order valence-corrected chi connectivity index (χ3v) is 3.33. The van der Waals surface area contributed by atoms with Gasteiger partial charge in [-0.15, -0.1) is 0 Å². The van der Waals surface area contributed by atoms with E-state index in [1.165, 1.54) is 37.7 Å². The molecule has 110 valence electrons. The molecule has 0 aliphatic heterocycles. The van der Waals surface area contributed by atoms with Gasteiger partial charge in [0.1, 0.15) is 18.1 Å².